The van der Waals surface area contributed by atoms with Crippen molar-refractivity contribution < 1.29 is 18.3 Å². The Kier molecular flexibility index (Phi) is 6.12. The van der Waals surface area contributed by atoms with Crippen molar-refractivity contribution in [2.24, 2.45) is 0 Å². The second-order valence-corrected chi connectivity index (χ2v) is 8.91. The summed E-state index contributed by atoms with van der Waals surface area (Å²) in [5.74, 6) is -1.13. The Bertz CT molecular complexity index is 1180. The number of nitrogens with one attached hydrogen (secondary N) is 1. The molecule has 0 heterocycles. The van der Waals surface area contributed by atoms with E-state index in [2.05, 4.69) is 4.72 Å². The lowest BCUT2D eigenvalue weighted by Gasteiger charge is -2.22. The number of anilines is 2. The number of carboxylic acids is 1. The average Bonchev–Trinajstić information content (AvgIpc) is 2.70. The van der Waals surface area contributed by atoms with Crippen LogP contribution in [0.15, 0.2) is 71.6 Å². The van der Waals surface area contributed by atoms with Crippen molar-refractivity contribution >= 4 is 27.4 Å². The number of rotatable bonds is 7. The van der Waals surface area contributed by atoms with Gasteiger partial charge in [0.05, 0.1) is 16.1 Å². The van der Waals surface area contributed by atoms with Crippen LogP contribution in [0.5, 0.6) is 0 Å². The second-order valence-electron chi connectivity index (χ2n) is 7.23. The van der Waals surface area contributed by atoms with Crippen LogP contribution in [0.3, 0.4) is 0 Å². The van der Waals surface area contributed by atoms with Gasteiger partial charge in [0, 0.05) is 19.3 Å². The highest BCUT2D eigenvalue weighted by atomic mass is 32.2. The van der Waals surface area contributed by atoms with E-state index in [9.17, 15) is 18.3 Å². The molecule has 0 aromatic heterocycles. The molecule has 3 aromatic carbocycles. The maximum absolute atomic E-state index is 12.7. The molecule has 0 fully saturated rings. The first kappa shape index (κ1) is 21.4. The third kappa shape index (κ3) is 4.80. The smallest absolute Gasteiger partial charge is 0.337 e. The zero-order valence-corrected chi connectivity index (χ0v) is 17.9. The Hall–Kier alpha value is -3.32. The van der Waals surface area contributed by atoms with E-state index in [1.807, 2.05) is 49.1 Å². The van der Waals surface area contributed by atoms with E-state index in [0.29, 0.717) is 12.2 Å². The lowest BCUT2D eigenvalue weighted by atomic mass is 10.1. The molecule has 7 heteroatoms. The van der Waals surface area contributed by atoms with Gasteiger partial charge in [-0.1, -0.05) is 36.4 Å². The van der Waals surface area contributed by atoms with Crippen LogP contribution in [0, 0.1) is 13.8 Å². The van der Waals surface area contributed by atoms with E-state index in [-0.39, 0.29) is 16.1 Å². The van der Waals surface area contributed by atoms with Crippen molar-refractivity contribution in [3.8, 4) is 0 Å². The van der Waals surface area contributed by atoms with Gasteiger partial charge in [-0.3, -0.25) is 4.72 Å². The van der Waals surface area contributed by atoms with Gasteiger partial charge >= 0.3 is 5.97 Å². The minimum atomic E-state index is -3.83. The first-order chi connectivity index (χ1) is 14.2. The van der Waals surface area contributed by atoms with Crippen LogP contribution in [0.2, 0.25) is 0 Å². The Morgan fingerprint density at radius 2 is 1.67 bits per heavy atom. The Balaban J connectivity index is 1.89. The molecule has 156 valence electrons. The zero-order chi connectivity index (χ0) is 21.9. The van der Waals surface area contributed by atoms with Gasteiger partial charge in [-0.25, -0.2) is 13.2 Å². The highest BCUT2D eigenvalue weighted by Gasteiger charge is 2.19. The van der Waals surface area contributed by atoms with Gasteiger partial charge in [-0.2, -0.15) is 0 Å². The van der Waals surface area contributed by atoms with Crippen molar-refractivity contribution in [1.29, 1.82) is 0 Å². The SMILES string of the molecule is Cc1ccc(S(=O)(=O)Nc2ccc(N(C)Cc3ccccc3)c(C(=O)O)c2)cc1C. The summed E-state index contributed by atoms with van der Waals surface area (Å²) in [5.41, 5.74) is 3.61. The fourth-order valence-corrected chi connectivity index (χ4v) is 4.28. The number of hydrogen-bond acceptors (Lipinski definition) is 4. The van der Waals surface area contributed by atoms with Crippen LogP contribution in [0.25, 0.3) is 0 Å². The zero-order valence-electron chi connectivity index (χ0n) is 17.1. The minimum Gasteiger partial charge on any atom is -0.478 e. The van der Waals surface area contributed by atoms with Crippen LogP contribution >= 0.6 is 0 Å². The molecule has 0 unspecified atom stereocenters. The number of carboxylic acid groups (broad SMARTS) is 1. The quantitative estimate of drug-likeness (QED) is 0.586. The van der Waals surface area contributed by atoms with Crippen molar-refractivity contribution in [2.75, 3.05) is 16.7 Å². The summed E-state index contributed by atoms with van der Waals surface area (Å²) in [6.45, 7) is 4.27. The molecule has 30 heavy (non-hydrogen) atoms. The van der Waals surface area contributed by atoms with Crippen molar-refractivity contribution in [3.63, 3.8) is 0 Å². The maximum atomic E-state index is 12.7. The lowest BCUT2D eigenvalue weighted by molar-refractivity contribution is 0.0697. The predicted octanol–water partition coefficient (Wildman–Crippen LogP) is 4.44. The van der Waals surface area contributed by atoms with E-state index in [1.54, 1.807) is 31.3 Å². The maximum Gasteiger partial charge on any atom is 0.337 e. The standard InChI is InChI=1S/C23H24N2O4S/c1-16-9-11-20(13-17(16)2)30(28,29)24-19-10-12-22(21(14-19)23(26)27)25(3)15-18-7-5-4-6-8-18/h4-14,24H,15H2,1-3H3,(H,26,27). The molecule has 2 N–H and O–H groups in total. The van der Waals surface area contributed by atoms with Gasteiger partial charge < -0.3 is 10.0 Å². The first-order valence-corrected chi connectivity index (χ1v) is 10.9. The van der Waals surface area contributed by atoms with Gasteiger partial charge in [0.25, 0.3) is 10.0 Å². The number of nitrogens with zero attached hydrogens (tertiary/aromatic N) is 1. The summed E-state index contributed by atoms with van der Waals surface area (Å²) in [4.78, 5) is 13.8. The van der Waals surface area contributed by atoms with E-state index >= 15 is 0 Å². The van der Waals surface area contributed by atoms with Crippen LogP contribution in [0.4, 0.5) is 11.4 Å². The molecule has 0 aliphatic heterocycles. The van der Waals surface area contributed by atoms with Gasteiger partial charge in [-0.15, -0.1) is 0 Å². The third-order valence-corrected chi connectivity index (χ3v) is 6.32. The minimum absolute atomic E-state index is 0.0220. The fourth-order valence-electron chi connectivity index (χ4n) is 3.14. The van der Waals surface area contributed by atoms with Crippen LogP contribution < -0.4 is 9.62 Å². The molecule has 0 spiro atoms. The van der Waals surface area contributed by atoms with E-state index in [0.717, 1.165) is 16.7 Å². The number of carbonyl (C=O) groups is 1. The largest absolute Gasteiger partial charge is 0.478 e. The summed E-state index contributed by atoms with van der Waals surface area (Å²) in [6.07, 6.45) is 0. The number of aryl methyl sites for hydroxylation is 2. The van der Waals surface area contributed by atoms with E-state index < -0.39 is 16.0 Å². The molecular formula is C23H24N2O4S. The number of aromatic carboxylic acids is 1. The highest BCUT2D eigenvalue weighted by molar-refractivity contribution is 7.92. The van der Waals surface area contributed by atoms with E-state index in [1.165, 1.54) is 12.1 Å². The molecule has 0 atom stereocenters. The fraction of sp³-hybridized carbons (Fsp3) is 0.174. The highest BCUT2D eigenvalue weighted by Crippen LogP contribution is 2.27. The molecule has 6 nitrogen and oxygen atoms in total. The molecular weight excluding hydrogens is 400 g/mol. The molecule has 0 saturated heterocycles. The van der Waals surface area contributed by atoms with Crippen LogP contribution in [0.1, 0.15) is 27.0 Å². The number of hydrogen-bond donors (Lipinski definition) is 2. The number of benzene rings is 3. The monoisotopic (exact) mass is 424 g/mol. The normalized spacial score (nSPS) is 11.2. The molecule has 3 rings (SSSR count). The topological polar surface area (TPSA) is 86.7 Å². The van der Waals surface area contributed by atoms with Gasteiger partial charge in [0.1, 0.15) is 0 Å². The van der Waals surface area contributed by atoms with Gasteiger partial charge in [0.2, 0.25) is 0 Å². The molecule has 0 aliphatic rings. The van der Waals surface area contributed by atoms with Crippen LogP contribution in [-0.4, -0.2) is 26.5 Å². The molecule has 0 aliphatic carbocycles. The summed E-state index contributed by atoms with van der Waals surface area (Å²) in [5, 5.41) is 9.68. The molecule has 0 radical (unpaired) electrons. The summed E-state index contributed by atoms with van der Waals surface area (Å²) >= 11 is 0. The van der Waals surface area contributed by atoms with Gasteiger partial charge in [-0.05, 0) is 60.9 Å². The van der Waals surface area contributed by atoms with Gasteiger partial charge in [0.15, 0.2) is 0 Å². The predicted molar refractivity (Wildman–Crippen MR) is 119 cm³/mol. The van der Waals surface area contributed by atoms with Crippen molar-refractivity contribution in [3.05, 3.63) is 89.0 Å². The molecule has 0 saturated carbocycles. The molecule has 0 bridgehead atoms. The Morgan fingerprint density at radius 1 is 0.967 bits per heavy atom. The average molecular weight is 425 g/mol. The second kappa shape index (κ2) is 8.59. The Labute approximate surface area is 176 Å². The van der Waals surface area contributed by atoms with Crippen LogP contribution in [-0.2, 0) is 16.6 Å². The Morgan fingerprint density at radius 3 is 2.30 bits per heavy atom. The summed E-state index contributed by atoms with van der Waals surface area (Å²) in [7, 11) is -2.03. The summed E-state index contributed by atoms with van der Waals surface area (Å²) in [6, 6.07) is 19.1. The molecule has 3 aromatic rings. The van der Waals surface area contributed by atoms with E-state index in [4.69, 9.17) is 0 Å². The first-order valence-electron chi connectivity index (χ1n) is 9.40. The lowest BCUT2D eigenvalue weighted by Crippen LogP contribution is -2.20. The van der Waals surface area contributed by atoms with Crippen molar-refractivity contribution in [1.82, 2.24) is 0 Å². The third-order valence-electron chi connectivity index (χ3n) is 4.94. The van der Waals surface area contributed by atoms with Crippen molar-refractivity contribution in [2.45, 2.75) is 25.3 Å². The molecule has 0 amide bonds. The number of sulfonamides is 1. The summed E-state index contributed by atoms with van der Waals surface area (Å²) < 4.78 is 28.0.